The van der Waals surface area contributed by atoms with Crippen LogP contribution in [0.3, 0.4) is 0 Å². The Labute approximate surface area is 315 Å². The summed E-state index contributed by atoms with van der Waals surface area (Å²) in [7, 11) is 3.33. The second-order valence-electron chi connectivity index (χ2n) is 13.8. The Morgan fingerprint density at radius 3 is 2.30 bits per heavy atom. The number of aromatic hydroxyl groups is 2. The summed E-state index contributed by atoms with van der Waals surface area (Å²) in [5.74, 6) is -0.494. The summed E-state index contributed by atoms with van der Waals surface area (Å²) in [4.78, 5) is 62.6. The zero-order valence-corrected chi connectivity index (χ0v) is 31.3. The SMILES string of the molecule is CC(C)c1cc(C(=N)N(C(N)=O)c2ccc(CCC3CCN(C=O)CC3)cc2)c(O)cc1O.CNC(=O)C(CCC=O)N1Cc2c(NC)cccc2C1=O. The van der Waals surface area contributed by atoms with Gasteiger partial charge in [0.05, 0.1) is 11.3 Å². The Balaban J connectivity index is 0.000000266. The van der Waals surface area contributed by atoms with Gasteiger partial charge in [-0.25, -0.2) is 9.69 Å². The van der Waals surface area contributed by atoms with E-state index in [0.29, 0.717) is 35.7 Å². The molecule has 0 radical (unpaired) electrons. The van der Waals surface area contributed by atoms with Crippen LogP contribution in [-0.4, -0.2) is 89.6 Å². The first kappa shape index (κ1) is 40.8. The number of likely N-dealkylation sites (N-methyl/N-ethyl adjacent to an activating group) is 1. The molecule has 0 aliphatic carbocycles. The van der Waals surface area contributed by atoms with Gasteiger partial charge in [-0.1, -0.05) is 32.0 Å². The molecule has 14 nitrogen and oxygen atoms in total. The molecule has 1 atom stereocenters. The topological polar surface area (TPSA) is 209 Å². The number of urea groups is 1. The summed E-state index contributed by atoms with van der Waals surface area (Å²) < 4.78 is 0. The van der Waals surface area contributed by atoms with Crippen molar-refractivity contribution in [2.45, 2.75) is 70.9 Å². The minimum Gasteiger partial charge on any atom is -0.508 e. The van der Waals surface area contributed by atoms with Gasteiger partial charge in [0.15, 0.2) is 0 Å². The number of benzene rings is 3. The van der Waals surface area contributed by atoms with Gasteiger partial charge >= 0.3 is 6.03 Å². The highest BCUT2D eigenvalue weighted by molar-refractivity contribution is 6.22. The molecule has 3 aromatic rings. The predicted molar refractivity (Wildman–Crippen MR) is 207 cm³/mol. The Morgan fingerprint density at radius 2 is 1.72 bits per heavy atom. The molecule has 1 unspecified atom stereocenters. The van der Waals surface area contributed by atoms with E-state index in [0.717, 1.165) is 73.2 Å². The lowest BCUT2D eigenvalue weighted by Gasteiger charge is -2.29. The maximum Gasteiger partial charge on any atom is 0.325 e. The molecule has 7 N–H and O–H groups in total. The number of piperidine rings is 1. The fraction of sp³-hybridized carbons (Fsp3) is 0.400. The van der Waals surface area contributed by atoms with Gasteiger partial charge in [-0.3, -0.25) is 19.8 Å². The van der Waals surface area contributed by atoms with E-state index in [1.165, 1.54) is 24.1 Å². The van der Waals surface area contributed by atoms with Crippen molar-refractivity contribution in [3.8, 4) is 11.5 Å². The van der Waals surface area contributed by atoms with Crippen LogP contribution in [0.4, 0.5) is 16.2 Å². The summed E-state index contributed by atoms with van der Waals surface area (Å²) in [6, 6.07) is 14.0. The Morgan fingerprint density at radius 1 is 1.04 bits per heavy atom. The van der Waals surface area contributed by atoms with Gasteiger partial charge in [0.2, 0.25) is 12.3 Å². The monoisotopic (exact) mass is 741 g/mol. The van der Waals surface area contributed by atoms with Gasteiger partial charge in [-0.2, -0.15) is 0 Å². The molecule has 1 fully saturated rings. The van der Waals surface area contributed by atoms with Gasteiger partial charge in [0.25, 0.3) is 5.91 Å². The molecule has 3 aromatic carbocycles. The van der Waals surface area contributed by atoms with Crippen molar-refractivity contribution in [3.05, 3.63) is 82.4 Å². The van der Waals surface area contributed by atoms with E-state index in [-0.39, 0.29) is 47.1 Å². The number of nitrogens with zero attached hydrogens (tertiary/aromatic N) is 3. The fourth-order valence-electron chi connectivity index (χ4n) is 6.92. The Hall–Kier alpha value is -5.92. The lowest BCUT2D eigenvalue weighted by Crippen LogP contribution is -2.46. The number of phenolic OH excluding ortho intramolecular Hbond substituents is 2. The zero-order valence-electron chi connectivity index (χ0n) is 31.3. The first-order chi connectivity index (χ1) is 25.8. The molecule has 0 aromatic heterocycles. The quantitative estimate of drug-likeness (QED) is 0.0819. The lowest BCUT2D eigenvalue weighted by atomic mass is 9.91. The first-order valence-electron chi connectivity index (χ1n) is 18.1. The van der Waals surface area contributed by atoms with E-state index in [4.69, 9.17) is 11.1 Å². The van der Waals surface area contributed by atoms with Crippen molar-refractivity contribution in [2.75, 3.05) is 37.4 Å². The van der Waals surface area contributed by atoms with Crippen molar-refractivity contribution >= 4 is 47.8 Å². The molecule has 0 spiro atoms. The second kappa shape index (κ2) is 18.7. The van der Waals surface area contributed by atoms with Crippen LogP contribution < -0.4 is 21.3 Å². The number of nitrogens with one attached hydrogen (secondary N) is 3. The molecule has 54 heavy (non-hydrogen) atoms. The van der Waals surface area contributed by atoms with E-state index in [1.807, 2.05) is 43.0 Å². The van der Waals surface area contributed by atoms with Gasteiger partial charge < -0.3 is 41.2 Å². The molecule has 2 aliphatic rings. The minimum absolute atomic E-state index is 0.0378. The molecular formula is C40H51N7O7. The third-order valence-corrected chi connectivity index (χ3v) is 10.0. The number of likely N-dealkylation sites (tertiary alicyclic amines) is 1. The summed E-state index contributed by atoms with van der Waals surface area (Å²) in [5.41, 5.74) is 10.2. The van der Waals surface area contributed by atoms with Gasteiger partial charge in [0.1, 0.15) is 29.7 Å². The number of rotatable bonds is 13. The highest BCUT2D eigenvalue weighted by Gasteiger charge is 2.36. The van der Waals surface area contributed by atoms with Crippen LogP contribution in [0.1, 0.15) is 84.5 Å². The predicted octanol–water partition coefficient (Wildman–Crippen LogP) is 4.71. The van der Waals surface area contributed by atoms with Crippen LogP contribution in [0.25, 0.3) is 0 Å². The van der Waals surface area contributed by atoms with Crippen molar-refractivity contribution in [2.24, 2.45) is 11.7 Å². The number of hydrogen-bond donors (Lipinski definition) is 6. The highest BCUT2D eigenvalue weighted by atomic mass is 16.3. The molecule has 14 heteroatoms. The average Bonchev–Trinajstić information content (AvgIpc) is 3.50. The molecule has 0 bridgehead atoms. The van der Waals surface area contributed by atoms with E-state index in [2.05, 4.69) is 10.6 Å². The van der Waals surface area contributed by atoms with Crippen molar-refractivity contribution in [3.63, 3.8) is 0 Å². The number of fused-ring (bicyclic) bond motifs is 1. The molecule has 5 amide bonds. The van der Waals surface area contributed by atoms with Crippen LogP contribution >= 0.6 is 0 Å². The van der Waals surface area contributed by atoms with Crippen LogP contribution in [0.2, 0.25) is 0 Å². The Bertz CT molecular complexity index is 1840. The lowest BCUT2D eigenvalue weighted by molar-refractivity contribution is -0.125. The number of aryl methyl sites for hydroxylation is 1. The van der Waals surface area contributed by atoms with E-state index >= 15 is 0 Å². The van der Waals surface area contributed by atoms with Crippen molar-refractivity contribution < 1.29 is 34.2 Å². The number of nitrogens with two attached hydrogens (primary N) is 1. The van der Waals surface area contributed by atoms with Gasteiger partial charge in [-0.15, -0.1) is 0 Å². The third kappa shape index (κ3) is 9.54. The van der Waals surface area contributed by atoms with Crippen molar-refractivity contribution in [1.82, 2.24) is 15.1 Å². The molecule has 2 aliphatic heterocycles. The summed E-state index contributed by atoms with van der Waals surface area (Å²) >= 11 is 0. The smallest absolute Gasteiger partial charge is 0.325 e. The number of phenols is 2. The van der Waals surface area contributed by atoms with E-state index in [9.17, 15) is 34.2 Å². The number of carbonyl (C=O) groups excluding carboxylic acids is 5. The maximum atomic E-state index is 12.5. The molecule has 2 heterocycles. The van der Waals surface area contributed by atoms with Gasteiger partial charge in [-0.05, 0) is 85.4 Å². The van der Waals surface area contributed by atoms with Crippen LogP contribution in [0, 0.1) is 11.3 Å². The third-order valence-electron chi connectivity index (χ3n) is 10.0. The normalized spacial score (nSPS) is 14.4. The zero-order chi connectivity index (χ0) is 39.5. The van der Waals surface area contributed by atoms with E-state index in [1.54, 1.807) is 25.2 Å². The number of anilines is 2. The first-order valence-corrected chi connectivity index (χ1v) is 18.1. The number of carbonyl (C=O) groups is 5. The summed E-state index contributed by atoms with van der Waals surface area (Å²) in [5, 5.41) is 34.6. The molecule has 288 valence electrons. The molecule has 1 saturated heterocycles. The summed E-state index contributed by atoms with van der Waals surface area (Å²) in [6.07, 6.45) is 6.20. The summed E-state index contributed by atoms with van der Waals surface area (Å²) in [6.45, 7) is 5.77. The standard InChI is InChI=1S/C25H32N4O4.C15H19N3O3/c1-16(2)20-13-21(23(32)14-22(20)31)24(26)29(25(27)33)19-7-5-17(6-8-19)3-4-18-9-11-28(15-30)12-10-18;1-16-12-6-3-5-10-11(12)9-18(15(10)21)13(7-4-8-19)14(20)17-2/h5-8,13-16,18,26,31-32H,3-4,9-12H2,1-2H3,(H2,27,33);3,5-6,8,13,16H,4,7,9H2,1-2H3,(H,17,20). The number of aldehydes is 1. The number of hydrogen-bond acceptors (Lipinski definition) is 9. The van der Waals surface area contributed by atoms with Crippen LogP contribution in [0.5, 0.6) is 11.5 Å². The number of amidine groups is 1. The number of amides is 5. The van der Waals surface area contributed by atoms with Crippen molar-refractivity contribution in [1.29, 1.82) is 5.41 Å². The van der Waals surface area contributed by atoms with E-state index < -0.39 is 12.1 Å². The van der Waals surface area contributed by atoms with Gasteiger partial charge in [0, 0.05) is 63.0 Å². The second-order valence-corrected chi connectivity index (χ2v) is 13.8. The number of primary amides is 1. The van der Waals surface area contributed by atoms with Crippen LogP contribution in [-0.2, 0) is 27.3 Å². The molecule has 5 rings (SSSR count). The highest BCUT2D eigenvalue weighted by Crippen LogP contribution is 2.34. The largest absolute Gasteiger partial charge is 0.508 e. The average molecular weight is 742 g/mol. The minimum atomic E-state index is -0.840. The maximum absolute atomic E-state index is 12.5. The molecule has 0 saturated carbocycles. The Kier molecular flexibility index (Phi) is 14.2. The molecular weight excluding hydrogens is 690 g/mol. The van der Waals surface area contributed by atoms with Crippen LogP contribution in [0.15, 0.2) is 54.6 Å². The fourth-order valence-corrected chi connectivity index (χ4v) is 6.92.